The molecule has 2 atom stereocenters. The molecule has 1 amide bonds. The molecule has 0 radical (unpaired) electrons. The number of rotatable bonds is 2. The fraction of sp³-hybridized carbons (Fsp3) is 0.333. The van der Waals surface area contributed by atoms with Gasteiger partial charge in [-0.25, -0.2) is 4.98 Å². The highest BCUT2D eigenvalue weighted by Crippen LogP contribution is 2.43. The summed E-state index contributed by atoms with van der Waals surface area (Å²) in [6.45, 7) is 0.823. The van der Waals surface area contributed by atoms with Crippen LogP contribution in [0.25, 0.3) is 11.0 Å². The van der Waals surface area contributed by atoms with Gasteiger partial charge in [0.05, 0.1) is 24.5 Å². The van der Waals surface area contributed by atoms with E-state index in [1.807, 2.05) is 24.3 Å². The van der Waals surface area contributed by atoms with Crippen LogP contribution in [0.3, 0.4) is 0 Å². The Morgan fingerprint density at radius 1 is 1.27 bits per heavy atom. The van der Waals surface area contributed by atoms with Gasteiger partial charge in [0.25, 0.3) is 5.91 Å². The van der Waals surface area contributed by atoms with Gasteiger partial charge in [0, 0.05) is 24.1 Å². The number of carbonyl (C=O) groups excluding carboxylic acids is 1. The fourth-order valence-corrected chi connectivity index (χ4v) is 4.61. The van der Waals surface area contributed by atoms with E-state index in [0.29, 0.717) is 5.92 Å². The number of nitrogens with zero attached hydrogens (tertiary/aromatic N) is 2. The maximum absolute atomic E-state index is 13.2. The number of carbonyl (C=O) groups is 1. The standard InChI is InChI=1S/C21H21N3O2/c1-26-15-6-4-13-10-20-16(17(13)11-15)3-2-8-24(20)21(25)14-5-7-18-19(9-14)23-12-22-18/h4-7,9,11-12,16,20H,2-3,8,10H2,1H3,(H,22,23)/t16-,20+/m0/s1. The van der Waals surface area contributed by atoms with Gasteiger partial charge in [-0.1, -0.05) is 6.07 Å². The highest BCUT2D eigenvalue weighted by Gasteiger charge is 2.41. The van der Waals surface area contributed by atoms with Gasteiger partial charge >= 0.3 is 0 Å². The Morgan fingerprint density at radius 2 is 2.19 bits per heavy atom. The van der Waals surface area contributed by atoms with Crippen molar-refractivity contribution in [1.29, 1.82) is 0 Å². The third-order valence-corrected chi connectivity index (χ3v) is 5.89. The monoisotopic (exact) mass is 347 g/mol. The zero-order chi connectivity index (χ0) is 17.7. The number of aromatic amines is 1. The molecule has 5 nitrogen and oxygen atoms in total. The second-order valence-corrected chi connectivity index (χ2v) is 7.22. The normalized spacial score (nSPS) is 21.5. The summed E-state index contributed by atoms with van der Waals surface area (Å²) in [5.41, 5.74) is 5.22. The van der Waals surface area contributed by atoms with Crippen LogP contribution < -0.4 is 4.74 Å². The fourth-order valence-electron chi connectivity index (χ4n) is 4.61. The summed E-state index contributed by atoms with van der Waals surface area (Å²) < 4.78 is 5.41. The number of benzene rings is 2. The Morgan fingerprint density at radius 3 is 3.08 bits per heavy atom. The number of piperidine rings is 1. The molecule has 1 aliphatic carbocycles. The highest BCUT2D eigenvalue weighted by molar-refractivity contribution is 5.97. The lowest BCUT2D eigenvalue weighted by atomic mass is 9.88. The van der Waals surface area contributed by atoms with Crippen LogP contribution in [0.2, 0.25) is 0 Å². The number of amides is 1. The molecule has 2 aliphatic rings. The summed E-state index contributed by atoms with van der Waals surface area (Å²) in [5, 5.41) is 0. The number of aromatic nitrogens is 2. The number of ether oxygens (including phenoxy) is 1. The molecule has 0 unspecified atom stereocenters. The second kappa shape index (κ2) is 5.87. The van der Waals surface area contributed by atoms with E-state index in [2.05, 4.69) is 27.0 Å². The van der Waals surface area contributed by atoms with Crippen LogP contribution in [0.5, 0.6) is 5.75 Å². The summed E-state index contributed by atoms with van der Waals surface area (Å²) in [6.07, 6.45) is 4.76. The second-order valence-electron chi connectivity index (χ2n) is 7.22. The molecule has 1 aromatic heterocycles. The van der Waals surface area contributed by atoms with Crippen LogP contribution in [0, 0.1) is 0 Å². The van der Waals surface area contributed by atoms with Crippen molar-refractivity contribution in [1.82, 2.24) is 14.9 Å². The van der Waals surface area contributed by atoms with Crippen molar-refractivity contribution in [2.45, 2.75) is 31.2 Å². The Kier molecular flexibility index (Phi) is 3.48. The van der Waals surface area contributed by atoms with Gasteiger partial charge in [0.2, 0.25) is 0 Å². The lowest BCUT2D eigenvalue weighted by Crippen LogP contribution is -2.46. The summed E-state index contributed by atoms with van der Waals surface area (Å²) in [6, 6.07) is 12.3. The van der Waals surface area contributed by atoms with Gasteiger partial charge in [-0.2, -0.15) is 0 Å². The molecule has 0 saturated carbocycles. The molecule has 26 heavy (non-hydrogen) atoms. The SMILES string of the molecule is COc1ccc2c(c1)[C@@H]1CCCN(C(=O)c3ccc4[nH]cnc4c3)[C@@H]1C2. The minimum absolute atomic E-state index is 0.115. The van der Waals surface area contributed by atoms with E-state index in [0.717, 1.165) is 48.2 Å². The predicted molar refractivity (Wildman–Crippen MR) is 99.6 cm³/mol. The number of likely N-dealkylation sites (tertiary alicyclic amines) is 1. The van der Waals surface area contributed by atoms with E-state index in [1.54, 1.807) is 13.4 Å². The molecule has 1 N–H and O–H groups in total. The molecule has 132 valence electrons. The quantitative estimate of drug-likeness (QED) is 0.772. The molecule has 1 fully saturated rings. The number of methoxy groups -OCH3 is 1. The Hall–Kier alpha value is -2.82. The van der Waals surface area contributed by atoms with Crippen molar-refractivity contribution in [3.8, 4) is 5.75 Å². The van der Waals surface area contributed by atoms with Crippen molar-refractivity contribution in [2.24, 2.45) is 0 Å². The van der Waals surface area contributed by atoms with Crippen molar-refractivity contribution in [3.63, 3.8) is 0 Å². The Labute approximate surface area is 152 Å². The van der Waals surface area contributed by atoms with Crippen LogP contribution in [-0.2, 0) is 6.42 Å². The van der Waals surface area contributed by atoms with Gasteiger partial charge in [0.15, 0.2) is 0 Å². The zero-order valence-electron chi connectivity index (χ0n) is 14.7. The van der Waals surface area contributed by atoms with Gasteiger partial charge in [-0.15, -0.1) is 0 Å². The number of imidazole rings is 1. The van der Waals surface area contributed by atoms with Gasteiger partial charge < -0.3 is 14.6 Å². The maximum atomic E-state index is 13.2. The van der Waals surface area contributed by atoms with E-state index >= 15 is 0 Å². The first-order chi connectivity index (χ1) is 12.7. The van der Waals surface area contributed by atoms with E-state index < -0.39 is 0 Å². The molecule has 2 aromatic carbocycles. The summed E-state index contributed by atoms with van der Waals surface area (Å²) in [7, 11) is 1.70. The van der Waals surface area contributed by atoms with Crippen LogP contribution >= 0.6 is 0 Å². The number of H-pyrrole nitrogens is 1. The first kappa shape index (κ1) is 15.4. The molecule has 3 aromatic rings. The molecular weight excluding hydrogens is 326 g/mol. The zero-order valence-corrected chi connectivity index (χ0v) is 14.7. The molecule has 0 bridgehead atoms. The highest BCUT2D eigenvalue weighted by atomic mass is 16.5. The average Bonchev–Trinajstić information content (AvgIpc) is 3.30. The van der Waals surface area contributed by atoms with Gasteiger partial charge in [-0.05, 0) is 60.7 Å². The molecular formula is C21H21N3O2. The Balaban J connectivity index is 1.47. The van der Waals surface area contributed by atoms with E-state index in [-0.39, 0.29) is 11.9 Å². The minimum Gasteiger partial charge on any atom is -0.497 e. The predicted octanol–water partition coefficient (Wildman–Crippen LogP) is 3.52. The van der Waals surface area contributed by atoms with Gasteiger partial charge in [-0.3, -0.25) is 4.79 Å². The Bertz CT molecular complexity index is 994. The molecule has 2 heterocycles. The summed E-state index contributed by atoms with van der Waals surface area (Å²) >= 11 is 0. The van der Waals surface area contributed by atoms with Crippen LogP contribution in [-0.4, -0.2) is 40.5 Å². The number of nitrogens with one attached hydrogen (secondary N) is 1. The first-order valence-corrected chi connectivity index (χ1v) is 9.15. The maximum Gasteiger partial charge on any atom is 0.254 e. The minimum atomic E-state index is 0.115. The number of fused-ring (bicyclic) bond motifs is 4. The molecule has 1 saturated heterocycles. The molecule has 5 rings (SSSR count). The topological polar surface area (TPSA) is 58.2 Å². The van der Waals surface area contributed by atoms with Crippen LogP contribution in [0.1, 0.15) is 40.2 Å². The van der Waals surface area contributed by atoms with Crippen molar-refractivity contribution in [3.05, 3.63) is 59.4 Å². The summed E-state index contributed by atoms with van der Waals surface area (Å²) in [4.78, 5) is 22.7. The van der Waals surface area contributed by atoms with E-state index in [1.165, 1.54) is 11.1 Å². The average molecular weight is 347 g/mol. The lowest BCUT2D eigenvalue weighted by molar-refractivity contribution is 0.0595. The number of hydrogen-bond donors (Lipinski definition) is 1. The van der Waals surface area contributed by atoms with Gasteiger partial charge in [0.1, 0.15) is 5.75 Å². The van der Waals surface area contributed by atoms with Crippen LogP contribution in [0.4, 0.5) is 0 Å². The third kappa shape index (κ3) is 2.30. The number of hydrogen-bond acceptors (Lipinski definition) is 3. The van der Waals surface area contributed by atoms with Crippen LogP contribution in [0.15, 0.2) is 42.7 Å². The molecule has 1 aliphatic heterocycles. The third-order valence-electron chi connectivity index (χ3n) is 5.89. The first-order valence-electron chi connectivity index (χ1n) is 9.15. The summed E-state index contributed by atoms with van der Waals surface area (Å²) in [5.74, 6) is 1.42. The lowest BCUT2D eigenvalue weighted by Gasteiger charge is -2.38. The molecule has 0 spiro atoms. The smallest absolute Gasteiger partial charge is 0.254 e. The van der Waals surface area contributed by atoms with E-state index in [4.69, 9.17) is 4.74 Å². The van der Waals surface area contributed by atoms with Crippen molar-refractivity contribution >= 4 is 16.9 Å². The largest absolute Gasteiger partial charge is 0.497 e. The van der Waals surface area contributed by atoms with E-state index in [9.17, 15) is 4.79 Å². The van der Waals surface area contributed by atoms with Crippen molar-refractivity contribution in [2.75, 3.05) is 13.7 Å². The molecule has 5 heteroatoms. The van der Waals surface area contributed by atoms with Crippen molar-refractivity contribution < 1.29 is 9.53 Å².